The zero-order chi connectivity index (χ0) is 13.1. The van der Waals surface area contributed by atoms with Gasteiger partial charge in [-0.2, -0.15) is 0 Å². The Morgan fingerprint density at radius 1 is 1.47 bits per heavy atom. The highest BCUT2D eigenvalue weighted by atomic mass is 35.5. The fourth-order valence-corrected chi connectivity index (χ4v) is 1.84. The second-order valence-corrected chi connectivity index (χ2v) is 9.62. The predicted molar refractivity (Wildman–Crippen MR) is 70.8 cm³/mol. The van der Waals surface area contributed by atoms with Gasteiger partial charge < -0.3 is 4.74 Å². The lowest BCUT2D eigenvalue weighted by Crippen LogP contribution is -2.16. The number of carbonyl (C=O) groups excluding carboxylic acids is 1. The van der Waals surface area contributed by atoms with Crippen LogP contribution < -0.4 is 0 Å². The molecule has 1 heterocycles. The van der Waals surface area contributed by atoms with Crippen molar-refractivity contribution in [2.75, 3.05) is 7.11 Å². The van der Waals surface area contributed by atoms with Crippen LogP contribution in [0.3, 0.4) is 0 Å². The molecule has 17 heavy (non-hydrogen) atoms. The van der Waals surface area contributed by atoms with Crippen molar-refractivity contribution in [3.05, 3.63) is 28.5 Å². The summed E-state index contributed by atoms with van der Waals surface area (Å²) in [5.74, 6) is 2.48. The van der Waals surface area contributed by atoms with Gasteiger partial charge in [-0.25, -0.2) is 9.78 Å². The van der Waals surface area contributed by atoms with Gasteiger partial charge in [0, 0.05) is 11.8 Å². The molecule has 3 nitrogen and oxygen atoms in total. The Hall–Kier alpha value is -1.31. The van der Waals surface area contributed by atoms with Gasteiger partial charge in [-0.15, -0.1) is 5.54 Å². The second-order valence-electron chi connectivity index (χ2n) is 4.52. The number of aromatic nitrogens is 1. The summed E-state index contributed by atoms with van der Waals surface area (Å²) in [7, 11) is -0.195. The molecule has 0 saturated carbocycles. The van der Waals surface area contributed by atoms with Gasteiger partial charge >= 0.3 is 5.97 Å². The van der Waals surface area contributed by atoms with E-state index in [0.717, 1.165) is 0 Å². The lowest BCUT2D eigenvalue weighted by atomic mass is 10.1. The first kappa shape index (κ1) is 13.8. The molecule has 0 amide bonds. The van der Waals surface area contributed by atoms with Gasteiger partial charge in [0.25, 0.3) is 0 Å². The molecular weight excluding hydrogens is 254 g/mol. The summed E-state index contributed by atoms with van der Waals surface area (Å²) in [6, 6.07) is 1.67. The van der Waals surface area contributed by atoms with Crippen molar-refractivity contribution in [2.45, 2.75) is 19.6 Å². The van der Waals surface area contributed by atoms with Gasteiger partial charge in [0.05, 0.1) is 7.11 Å². The monoisotopic (exact) mass is 267 g/mol. The van der Waals surface area contributed by atoms with Crippen LogP contribution in [0.25, 0.3) is 0 Å². The van der Waals surface area contributed by atoms with E-state index in [1.165, 1.54) is 13.3 Å². The summed E-state index contributed by atoms with van der Waals surface area (Å²) in [4.78, 5) is 15.4. The van der Waals surface area contributed by atoms with E-state index in [9.17, 15) is 4.79 Å². The second kappa shape index (κ2) is 5.35. The van der Waals surface area contributed by atoms with Crippen molar-refractivity contribution in [3.8, 4) is 11.5 Å². The molecule has 0 radical (unpaired) electrons. The lowest BCUT2D eigenvalue weighted by Gasteiger charge is -2.06. The van der Waals surface area contributed by atoms with Crippen molar-refractivity contribution in [3.63, 3.8) is 0 Å². The van der Waals surface area contributed by atoms with E-state index in [1.807, 2.05) is 0 Å². The van der Waals surface area contributed by atoms with Crippen molar-refractivity contribution < 1.29 is 9.53 Å². The Balaban J connectivity index is 3.28. The van der Waals surface area contributed by atoms with Crippen LogP contribution in [0.15, 0.2) is 12.3 Å². The van der Waals surface area contributed by atoms with Crippen LogP contribution in [0.4, 0.5) is 0 Å². The van der Waals surface area contributed by atoms with Gasteiger partial charge in [0.15, 0.2) is 0 Å². The fourth-order valence-electron chi connectivity index (χ4n) is 1.09. The summed E-state index contributed by atoms with van der Waals surface area (Å²) in [6.45, 7) is 6.38. The van der Waals surface area contributed by atoms with Crippen LogP contribution in [0.2, 0.25) is 24.8 Å². The Bertz CT molecular complexity index is 497. The molecule has 0 spiro atoms. The van der Waals surface area contributed by atoms with Crippen molar-refractivity contribution in [1.29, 1.82) is 0 Å². The number of hydrogen-bond donors (Lipinski definition) is 0. The maximum atomic E-state index is 11.6. The number of pyridine rings is 1. The first-order valence-electron chi connectivity index (χ1n) is 5.11. The van der Waals surface area contributed by atoms with E-state index >= 15 is 0 Å². The molecule has 0 atom stereocenters. The maximum Gasteiger partial charge on any atom is 0.342 e. The Morgan fingerprint density at radius 2 is 2.12 bits per heavy atom. The van der Waals surface area contributed by atoms with Crippen LogP contribution in [-0.4, -0.2) is 26.1 Å². The third-order valence-corrected chi connectivity index (χ3v) is 3.03. The molecule has 0 unspecified atom stereocenters. The number of halogens is 1. The molecular formula is C12H14ClNO2Si. The zero-order valence-electron chi connectivity index (χ0n) is 10.3. The molecule has 0 aliphatic rings. The molecule has 5 heteroatoms. The average Bonchev–Trinajstić information content (AvgIpc) is 2.24. The van der Waals surface area contributed by atoms with Crippen LogP contribution in [0, 0.1) is 11.5 Å². The normalized spacial score (nSPS) is 10.4. The first-order chi connectivity index (χ1) is 7.85. The van der Waals surface area contributed by atoms with Crippen molar-refractivity contribution >= 4 is 25.6 Å². The number of esters is 1. The minimum atomic E-state index is -1.50. The molecule has 0 aromatic carbocycles. The average molecular weight is 268 g/mol. The third-order valence-electron chi connectivity index (χ3n) is 1.87. The number of rotatable bonds is 1. The molecule has 0 fully saturated rings. The van der Waals surface area contributed by atoms with E-state index < -0.39 is 14.0 Å². The SMILES string of the molecule is COC(=O)c1c(C#C[Si](C)(C)C)ccnc1Cl. The van der Waals surface area contributed by atoms with E-state index in [4.69, 9.17) is 11.6 Å². The van der Waals surface area contributed by atoms with Gasteiger partial charge in [0.1, 0.15) is 18.8 Å². The van der Waals surface area contributed by atoms with Gasteiger partial charge in [-0.1, -0.05) is 37.2 Å². The van der Waals surface area contributed by atoms with Crippen LogP contribution in [-0.2, 0) is 4.74 Å². The van der Waals surface area contributed by atoms with Gasteiger partial charge in [-0.3, -0.25) is 0 Å². The number of nitrogens with zero attached hydrogens (tertiary/aromatic N) is 1. The Morgan fingerprint density at radius 3 is 2.65 bits per heavy atom. The largest absolute Gasteiger partial charge is 0.465 e. The molecule has 90 valence electrons. The number of carbonyl (C=O) groups is 1. The van der Waals surface area contributed by atoms with E-state index in [1.54, 1.807) is 6.07 Å². The number of ether oxygens (including phenoxy) is 1. The summed E-state index contributed by atoms with van der Waals surface area (Å²) < 4.78 is 4.67. The summed E-state index contributed by atoms with van der Waals surface area (Å²) in [5, 5.41) is 0.124. The highest BCUT2D eigenvalue weighted by molar-refractivity contribution is 6.83. The summed E-state index contributed by atoms with van der Waals surface area (Å²) in [5.41, 5.74) is 3.99. The fraction of sp³-hybridized carbons (Fsp3) is 0.333. The minimum absolute atomic E-state index is 0.124. The molecule has 0 aliphatic carbocycles. The quantitative estimate of drug-likeness (QED) is 0.340. The van der Waals surface area contributed by atoms with Gasteiger partial charge in [-0.05, 0) is 6.07 Å². The third kappa shape index (κ3) is 3.88. The number of methoxy groups -OCH3 is 1. The summed E-state index contributed by atoms with van der Waals surface area (Å²) >= 11 is 5.88. The topological polar surface area (TPSA) is 39.2 Å². The van der Waals surface area contributed by atoms with Gasteiger partial charge in [0.2, 0.25) is 0 Å². The molecule has 0 N–H and O–H groups in total. The molecule has 0 aliphatic heterocycles. The standard InChI is InChI=1S/C12H14ClNO2Si/c1-16-12(15)10-9(5-7-14-11(10)13)6-8-17(2,3)4/h5,7H,1-4H3. The number of hydrogen-bond acceptors (Lipinski definition) is 3. The molecule has 1 aromatic heterocycles. The highest BCUT2D eigenvalue weighted by Crippen LogP contribution is 2.17. The molecule has 1 rings (SSSR count). The summed E-state index contributed by atoms with van der Waals surface area (Å²) in [6.07, 6.45) is 1.53. The van der Waals surface area contributed by atoms with Crippen LogP contribution >= 0.6 is 11.6 Å². The molecule has 0 saturated heterocycles. The predicted octanol–water partition coefficient (Wildman–Crippen LogP) is 2.75. The van der Waals surface area contributed by atoms with Crippen molar-refractivity contribution in [2.24, 2.45) is 0 Å². The van der Waals surface area contributed by atoms with E-state index in [2.05, 4.69) is 40.8 Å². The maximum absolute atomic E-state index is 11.6. The molecule has 1 aromatic rings. The van der Waals surface area contributed by atoms with Crippen molar-refractivity contribution in [1.82, 2.24) is 4.98 Å². The van der Waals surface area contributed by atoms with Crippen LogP contribution in [0.5, 0.6) is 0 Å². The first-order valence-corrected chi connectivity index (χ1v) is 8.99. The highest BCUT2D eigenvalue weighted by Gasteiger charge is 2.16. The van der Waals surface area contributed by atoms with E-state index in [-0.39, 0.29) is 10.7 Å². The van der Waals surface area contributed by atoms with E-state index in [0.29, 0.717) is 5.56 Å². The van der Waals surface area contributed by atoms with Crippen LogP contribution in [0.1, 0.15) is 15.9 Å². The minimum Gasteiger partial charge on any atom is -0.465 e. The Labute approximate surface area is 107 Å². The lowest BCUT2D eigenvalue weighted by molar-refractivity contribution is 0.0600. The smallest absolute Gasteiger partial charge is 0.342 e. The Kier molecular flexibility index (Phi) is 4.32. The zero-order valence-corrected chi connectivity index (χ0v) is 12.1. The molecule has 0 bridgehead atoms.